The maximum Gasteiger partial charge on any atom is 0.338 e. The van der Waals surface area contributed by atoms with Crippen molar-refractivity contribution in [2.45, 2.75) is 39.7 Å². The lowest BCUT2D eigenvalue weighted by molar-refractivity contribution is -0.143. The molecule has 0 fully saturated rings. The van der Waals surface area contributed by atoms with Crippen LogP contribution in [0.25, 0.3) is 0 Å². The lowest BCUT2D eigenvalue weighted by Crippen LogP contribution is -2.24. The van der Waals surface area contributed by atoms with Crippen molar-refractivity contribution in [1.29, 1.82) is 0 Å². The molecule has 38 heavy (non-hydrogen) atoms. The van der Waals surface area contributed by atoms with Gasteiger partial charge in [0.1, 0.15) is 0 Å². The molecule has 0 spiro atoms. The summed E-state index contributed by atoms with van der Waals surface area (Å²) in [4.78, 5) is 61.2. The van der Waals surface area contributed by atoms with E-state index in [9.17, 15) is 24.0 Å². The molecule has 0 heterocycles. The number of rotatable bonds is 11. The maximum absolute atomic E-state index is 12.4. The molecule has 8 heteroatoms. The first kappa shape index (κ1) is 28.0. The van der Waals surface area contributed by atoms with E-state index in [2.05, 4.69) is 5.32 Å². The van der Waals surface area contributed by atoms with E-state index in [0.29, 0.717) is 16.8 Å². The fraction of sp³-hybridized carbons (Fsp3) is 0.233. The Bertz CT molecular complexity index is 1330. The zero-order valence-corrected chi connectivity index (χ0v) is 21.5. The van der Waals surface area contributed by atoms with Gasteiger partial charge in [0.05, 0.1) is 12.0 Å². The number of ether oxygens (including phenoxy) is 2. The molecule has 3 aromatic rings. The van der Waals surface area contributed by atoms with Gasteiger partial charge in [0.15, 0.2) is 18.5 Å². The van der Waals surface area contributed by atoms with Crippen LogP contribution in [0.1, 0.15) is 62.0 Å². The molecule has 8 nitrogen and oxygen atoms in total. The SMILES string of the molecule is Cc1ccc(C(=O)COC(=O)CCC(=O)Nc2ccc(C(=O)OC(C)C(=O)c3ccccc3)cc2)cc1C. The summed E-state index contributed by atoms with van der Waals surface area (Å²) in [5.41, 5.74) is 3.57. The van der Waals surface area contributed by atoms with Crippen molar-refractivity contribution >= 4 is 35.1 Å². The minimum absolute atomic E-state index is 0.139. The number of amides is 1. The molecular formula is C30H29NO7. The third kappa shape index (κ3) is 7.96. The van der Waals surface area contributed by atoms with Crippen molar-refractivity contribution in [1.82, 2.24) is 0 Å². The zero-order chi connectivity index (χ0) is 27.7. The third-order valence-electron chi connectivity index (χ3n) is 5.87. The lowest BCUT2D eigenvalue weighted by atomic mass is 10.0. The predicted molar refractivity (Wildman–Crippen MR) is 141 cm³/mol. The fourth-order valence-electron chi connectivity index (χ4n) is 3.46. The van der Waals surface area contributed by atoms with Gasteiger partial charge in [0.25, 0.3) is 0 Å². The Morgan fingerprint density at radius 2 is 1.42 bits per heavy atom. The van der Waals surface area contributed by atoms with Crippen molar-refractivity contribution in [3.8, 4) is 0 Å². The molecule has 1 N–H and O–H groups in total. The summed E-state index contributed by atoms with van der Waals surface area (Å²) >= 11 is 0. The van der Waals surface area contributed by atoms with Gasteiger partial charge < -0.3 is 14.8 Å². The van der Waals surface area contributed by atoms with Crippen LogP contribution in [0.2, 0.25) is 0 Å². The Labute approximate surface area is 221 Å². The molecule has 0 aliphatic heterocycles. The highest BCUT2D eigenvalue weighted by molar-refractivity contribution is 6.01. The van der Waals surface area contributed by atoms with Crippen LogP contribution < -0.4 is 5.32 Å². The van der Waals surface area contributed by atoms with Gasteiger partial charge in [-0.25, -0.2) is 4.79 Å². The highest BCUT2D eigenvalue weighted by Crippen LogP contribution is 2.14. The minimum atomic E-state index is -0.958. The monoisotopic (exact) mass is 515 g/mol. The number of carbonyl (C=O) groups excluding carboxylic acids is 5. The van der Waals surface area contributed by atoms with E-state index in [1.54, 1.807) is 42.5 Å². The molecular weight excluding hydrogens is 486 g/mol. The van der Waals surface area contributed by atoms with E-state index in [1.165, 1.54) is 31.2 Å². The van der Waals surface area contributed by atoms with Crippen LogP contribution >= 0.6 is 0 Å². The maximum atomic E-state index is 12.4. The molecule has 1 atom stereocenters. The molecule has 0 saturated heterocycles. The molecule has 0 aromatic heterocycles. The summed E-state index contributed by atoms with van der Waals surface area (Å²) in [6, 6.07) is 19.7. The number of benzene rings is 3. The number of aryl methyl sites for hydroxylation is 2. The van der Waals surface area contributed by atoms with Gasteiger partial charge in [-0.3, -0.25) is 19.2 Å². The second kappa shape index (κ2) is 13.1. The smallest absolute Gasteiger partial charge is 0.338 e. The number of carbonyl (C=O) groups is 5. The Morgan fingerprint density at radius 3 is 2.08 bits per heavy atom. The highest BCUT2D eigenvalue weighted by atomic mass is 16.5. The van der Waals surface area contributed by atoms with E-state index in [4.69, 9.17) is 9.47 Å². The molecule has 3 rings (SSSR count). The Balaban J connectivity index is 1.41. The standard InChI is InChI=1S/C30H29NO7/c1-19-9-10-24(17-20(19)2)26(32)18-37-28(34)16-15-27(33)31-25-13-11-23(12-14-25)30(36)38-21(3)29(35)22-7-5-4-6-8-22/h4-14,17,21H,15-16,18H2,1-3H3,(H,31,33). The first-order valence-corrected chi connectivity index (χ1v) is 12.1. The van der Waals surface area contributed by atoms with E-state index in [-0.39, 0.29) is 30.0 Å². The van der Waals surface area contributed by atoms with Crippen LogP contribution in [0.15, 0.2) is 72.8 Å². The number of nitrogens with one attached hydrogen (secondary N) is 1. The van der Waals surface area contributed by atoms with E-state index >= 15 is 0 Å². The van der Waals surface area contributed by atoms with Crippen LogP contribution in [0.5, 0.6) is 0 Å². The normalized spacial score (nSPS) is 11.2. The molecule has 1 amide bonds. The molecule has 0 bridgehead atoms. The number of hydrogen-bond acceptors (Lipinski definition) is 7. The van der Waals surface area contributed by atoms with E-state index < -0.39 is 30.6 Å². The van der Waals surface area contributed by atoms with Gasteiger partial charge in [-0.05, 0) is 62.2 Å². The third-order valence-corrected chi connectivity index (χ3v) is 5.87. The summed E-state index contributed by atoms with van der Waals surface area (Å²) in [5.74, 6) is -2.38. The molecule has 0 saturated carbocycles. The van der Waals surface area contributed by atoms with Gasteiger partial charge in [0, 0.05) is 23.2 Å². The van der Waals surface area contributed by atoms with Crippen molar-refractivity contribution in [2.75, 3.05) is 11.9 Å². The number of Topliss-reactive ketones (excluding diaryl/α,β-unsaturated/α-hetero) is 2. The molecule has 0 radical (unpaired) electrons. The van der Waals surface area contributed by atoms with Gasteiger partial charge in [-0.2, -0.15) is 0 Å². The number of ketones is 2. The molecule has 196 valence electrons. The number of hydrogen-bond donors (Lipinski definition) is 1. The first-order chi connectivity index (χ1) is 18.1. The van der Waals surface area contributed by atoms with Crippen LogP contribution in [0, 0.1) is 13.8 Å². The highest BCUT2D eigenvalue weighted by Gasteiger charge is 2.20. The Hall–Kier alpha value is -4.59. The van der Waals surface area contributed by atoms with Crippen LogP contribution in [0.4, 0.5) is 5.69 Å². The minimum Gasteiger partial charge on any atom is -0.457 e. The zero-order valence-electron chi connectivity index (χ0n) is 21.5. The number of esters is 2. The van der Waals surface area contributed by atoms with Crippen molar-refractivity contribution in [3.05, 3.63) is 101 Å². The average molecular weight is 516 g/mol. The molecule has 0 aliphatic rings. The number of anilines is 1. The van der Waals surface area contributed by atoms with E-state index in [1.807, 2.05) is 19.9 Å². The second-order valence-corrected chi connectivity index (χ2v) is 8.79. The molecule has 0 aliphatic carbocycles. The lowest BCUT2D eigenvalue weighted by Gasteiger charge is -2.12. The van der Waals surface area contributed by atoms with E-state index in [0.717, 1.165) is 11.1 Å². The summed E-state index contributed by atoms with van der Waals surface area (Å²) in [6.45, 7) is 4.95. The van der Waals surface area contributed by atoms with Gasteiger partial charge in [-0.1, -0.05) is 42.5 Å². The Kier molecular flexibility index (Phi) is 9.65. The molecule has 3 aromatic carbocycles. The van der Waals surface area contributed by atoms with Crippen molar-refractivity contribution in [2.24, 2.45) is 0 Å². The fourth-order valence-corrected chi connectivity index (χ4v) is 3.46. The summed E-state index contributed by atoms with van der Waals surface area (Å²) in [5, 5.41) is 2.63. The summed E-state index contributed by atoms with van der Waals surface area (Å²) in [7, 11) is 0. The van der Waals surface area contributed by atoms with Crippen LogP contribution in [-0.2, 0) is 19.1 Å². The predicted octanol–water partition coefficient (Wildman–Crippen LogP) is 4.88. The van der Waals surface area contributed by atoms with Crippen molar-refractivity contribution in [3.63, 3.8) is 0 Å². The van der Waals surface area contributed by atoms with Crippen molar-refractivity contribution < 1.29 is 33.4 Å². The quantitative estimate of drug-likeness (QED) is 0.286. The van der Waals surface area contributed by atoms with Gasteiger partial charge in [-0.15, -0.1) is 0 Å². The Morgan fingerprint density at radius 1 is 0.763 bits per heavy atom. The van der Waals surface area contributed by atoms with Crippen LogP contribution in [-0.4, -0.2) is 42.1 Å². The average Bonchev–Trinajstić information content (AvgIpc) is 2.92. The summed E-state index contributed by atoms with van der Waals surface area (Å²) in [6.07, 6.45) is -1.29. The topological polar surface area (TPSA) is 116 Å². The first-order valence-electron chi connectivity index (χ1n) is 12.1. The van der Waals surface area contributed by atoms with Gasteiger partial charge >= 0.3 is 11.9 Å². The summed E-state index contributed by atoms with van der Waals surface area (Å²) < 4.78 is 10.3. The van der Waals surface area contributed by atoms with Crippen LogP contribution in [0.3, 0.4) is 0 Å². The van der Waals surface area contributed by atoms with Gasteiger partial charge in [0.2, 0.25) is 11.7 Å². The second-order valence-electron chi connectivity index (χ2n) is 8.79. The largest absolute Gasteiger partial charge is 0.457 e. The molecule has 1 unspecified atom stereocenters.